The first-order valence-electron chi connectivity index (χ1n) is 5.15. The van der Waals surface area contributed by atoms with E-state index in [-0.39, 0.29) is 11.8 Å². The predicted molar refractivity (Wildman–Crippen MR) is 58.0 cm³/mol. The van der Waals surface area contributed by atoms with Crippen LogP contribution in [0, 0.1) is 5.92 Å². The molecule has 0 spiro atoms. The molecule has 0 aromatic rings. The molecule has 0 aromatic carbocycles. The fourth-order valence-corrected chi connectivity index (χ4v) is 1.96. The summed E-state index contributed by atoms with van der Waals surface area (Å²) in [5.41, 5.74) is 1.03. The van der Waals surface area contributed by atoms with Gasteiger partial charge in [0.1, 0.15) is 0 Å². The van der Waals surface area contributed by atoms with E-state index in [0.29, 0.717) is 12.6 Å². The molecule has 1 fully saturated rings. The maximum absolute atomic E-state index is 11.9. The second-order valence-corrected chi connectivity index (χ2v) is 4.29. The lowest BCUT2D eigenvalue weighted by molar-refractivity contribution is -0.133. The minimum absolute atomic E-state index is 0.152. The summed E-state index contributed by atoms with van der Waals surface area (Å²) in [7, 11) is 1.85. The minimum Gasteiger partial charge on any atom is -0.341 e. The number of carbonyl (C=O) groups excluding carboxylic acids is 1. The van der Waals surface area contributed by atoms with Gasteiger partial charge < -0.3 is 10.2 Å². The highest BCUT2D eigenvalue weighted by atomic mass is 16.2. The van der Waals surface area contributed by atoms with E-state index in [2.05, 4.69) is 18.8 Å². The summed E-state index contributed by atoms with van der Waals surface area (Å²) in [5, 5.41) is 3.29. The second kappa shape index (κ2) is 4.60. The number of amides is 1. The van der Waals surface area contributed by atoms with Gasteiger partial charge in [0.05, 0.1) is 5.92 Å². The average molecular weight is 196 g/mol. The van der Waals surface area contributed by atoms with Crippen molar-refractivity contribution in [3.05, 3.63) is 12.2 Å². The van der Waals surface area contributed by atoms with E-state index in [4.69, 9.17) is 0 Å². The van der Waals surface area contributed by atoms with Gasteiger partial charge in [-0.3, -0.25) is 4.79 Å². The zero-order valence-corrected chi connectivity index (χ0v) is 9.34. The summed E-state index contributed by atoms with van der Waals surface area (Å²) in [5.74, 6) is 0.393. The number of hydrogen-bond acceptors (Lipinski definition) is 2. The van der Waals surface area contributed by atoms with Crippen LogP contribution < -0.4 is 5.32 Å². The average Bonchev–Trinajstić information content (AvgIpc) is 2.48. The fourth-order valence-electron chi connectivity index (χ4n) is 1.96. The van der Waals surface area contributed by atoms with Gasteiger partial charge in [-0.1, -0.05) is 12.2 Å². The van der Waals surface area contributed by atoms with Crippen LogP contribution in [0.25, 0.3) is 0 Å². The van der Waals surface area contributed by atoms with E-state index in [1.165, 1.54) is 0 Å². The summed E-state index contributed by atoms with van der Waals surface area (Å²) < 4.78 is 0. The largest absolute Gasteiger partial charge is 0.341 e. The van der Waals surface area contributed by atoms with Gasteiger partial charge in [0.25, 0.3) is 0 Å². The van der Waals surface area contributed by atoms with E-state index < -0.39 is 0 Å². The highest BCUT2D eigenvalue weighted by Gasteiger charge is 2.31. The Kier molecular flexibility index (Phi) is 3.69. The molecule has 1 saturated heterocycles. The van der Waals surface area contributed by atoms with E-state index in [9.17, 15) is 4.79 Å². The highest BCUT2D eigenvalue weighted by molar-refractivity contribution is 5.79. The molecule has 80 valence electrons. The molecule has 1 aliphatic heterocycles. The molecule has 14 heavy (non-hydrogen) atoms. The van der Waals surface area contributed by atoms with Crippen molar-refractivity contribution in [2.24, 2.45) is 5.92 Å². The number of nitrogens with zero attached hydrogens (tertiary/aromatic N) is 1. The van der Waals surface area contributed by atoms with Gasteiger partial charge in [0.15, 0.2) is 0 Å². The van der Waals surface area contributed by atoms with E-state index in [1.807, 2.05) is 14.0 Å². The van der Waals surface area contributed by atoms with Crippen LogP contribution in [-0.2, 0) is 4.79 Å². The lowest BCUT2D eigenvalue weighted by atomic mass is 10.0. The van der Waals surface area contributed by atoms with Gasteiger partial charge in [-0.15, -0.1) is 0 Å². The van der Waals surface area contributed by atoms with Gasteiger partial charge in [0.2, 0.25) is 5.91 Å². The molecule has 0 aromatic heterocycles. The Hall–Kier alpha value is -0.830. The van der Waals surface area contributed by atoms with Crippen molar-refractivity contribution >= 4 is 5.91 Å². The summed E-state index contributed by atoms with van der Waals surface area (Å²) in [6.07, 6.45) is 0.959. The first-order chi connectivity index (χ1) is 6.52. The summed E-state index contributed by atoms with van der Waals surface area (Å²) in [6, 6.07) is 0.315. The summed E-state index contributed by atoms with van der Waals surface area (Å²) >= 11 is 0. The third-order valence-electron chi connectivity index (χ3n) is 2.73. The summed E-state index contributed by atoms with van der Waals surface area (Å²) in [4.78, 5) is 13.7. The highest BCUT2D eigenvalue weighted by Crippen LogP contribution is 2.17. The molecule has 2 unspecified atom stereocenters. The van der Waals surface area contributed by atoms with Crippen LogP contribution in [0.1, 0.15) is 20.3 Å². The standard InChI is InChI=1S/C11H20N2O/c1-8(2)7-13(4)11(14)10-5-6-12-9(10)3/h9-10,12H,1,5-7H2,2-4H3. The fraction of sp³-hybridized carbons (Fsp3) is 0.727. The first kappa shape index (κ1) is 11.2. The molecule has 1 amide bonds. The van der Waals surface area contributed by atoms with Crippen molar-refractivity contribution in [3.63, 3.8) is 0 Å². The Morgan fingerprint density at radius 2 is 2.29 bits per heavy atom. The van der Waals surface area contributed by atoms with Crippen molar-refractivity contribution in [3.8, 4) is 0 Å². The van der Waals surface area contributed by atoms with E-state index in [0.717, 1.165) is 18.5 Å². The molecule has 2 atom stereocenters. The number of carbonyl (C=O) groups is 1. The van der Waals surface area contributed by atoms with Crippen LogP contribution >= 0.6 is 0 Å². The SMILES string of the molecule is C=C(C)CN(C)C(=O)C1CCNC1C. The molecule has 0 saturated carbocycles. The number of rotatable bonds is 3. The lowest BCUT2D eigenvalue weighted by Crippen LogP contribution is -2.38. The normalized spacial score (nSPS) is 26.2. The van der Waals surface area contributed by atoms with Crippen LogP contribution in [0.5, 0.6) is 0 Å². The smallest absolute Gasteiger partial charge is 0.227 e. The maximum atomic E-state index is 11.9. The molecule has 1 heterocycles. The molecule has 1 rings (SSSR count). The van der Waals surface area contributed by atoms with E-state index >= 15 is 0 Å². The Morgan fingerprint density at radius 3 is 2.71 bits per heavy atom. The third kappa shape index (κ3) is 2.58. The molecule has 1 N–H and O–H groups in total. The quantitative estimate of drug-likeness (QED) is 0.683. The molecule has 0 aliphatic carbocycles. The first-order valence-corrected chi connectivity index (χ1v) is 5.15. The monoisotopic (exact) mass is 196 g/mol. The molecule has 1 aliphatic rings. The Balaban J connectivity index is 2.51. The summed E-state index contributed by atoms with van der Waals surface area (Å²) in [6.45, 7) is 9.46. The van der Waals surface area contributed by atoms with Crippen molar-refractivity contribution in [1.29, 1.82) is 0 Å². The molecule has 0 radical (unpaired) electrons. The molecule has 3 heteroatoms. The third-order valence-corrected chi connectivity index (χ3v) is 2.73. The van der Waals surface area contributed by atoms with Crippen LogP contribution in [0.3, 0.4) is 0 Å². The van der Waals surface area contributed by atoms with Crippen LogP contribution in [0.15, 0.2) is 12.2 Å². The van der Waals surface area contributed by atoms with Crippen molar-refractivity contribution in [2.75, 3.05) is 20.1 Å². The molecule has 3 nitrogen and oxygen atoms in total. The maximum Gasteiger partial charge on any atom is 0.227 e. The minimum atomic E-state index is 0.152. The Labute approximate surface area is 86.2 Å². The number of hydrogen-bond donors (Lipinski definition) is 1. The van der Waals surface area contributed by atoms with Gasteiger partial charge >= 0.3 is 0 Å². The molecule has 0 bridgehead atoms. The van der Waals surface area contributed by atoms with Gasteiger partial charge in [-0.25, -0.2) is 0 Å². The van der Waals surface area contributed by atoms with Crippen LogP contribution in [0.2, 0.25) is 0 Å². The second-order valence-electron chi connectivity index (χ2n) is 4.29. The van der Waals surface area contributed by atoms with Gasteiger partial charge in [-0.2, -0.15) is 0 Å². The van der Waals surface area contributed by atoms with Crippen molar-refractivity contribution < 1.29 is 4.79 Å². The Bertz CT molecular complexity index is 237. The topological polar surface area (TPSA) is 32.3 Å². The van der Waals surface area contributed by atoms with Gasteiger partial charge in [0, 0.05) is 19.6 Å². The van der Waals surface area contributed by atoms with Crippen LogP contribution in [-0.4, -0.2) is 37.0 Å². The predicted octanol–water partition coefficient (Wildman–Crippen LogP) is 1.02. The zero-order valence-electron chi connectivity index (χ0n) is 9.34. The number of likely N-dealkylation sites (N-methyl/N-ethyl adjacent to an activating group) is 1. The number of nitrogens with one attached hydrogen (secondary N) is 1. The van der Waals surface area contributed by atoms with Crippen LogP contribution in [0.4, 0.5) is 0 Å². The van der Waals surface area contributed by atoms with Crippen molar-refractivity contribution in [2.45, 2.75) is 26.3 Å². The molecular weight excluding hydrogens is 176 g/mol. The Morgan fingerprint density at radius 1 is 1.64 bits per heavy atom. The molecular formula is C11H20N2O. The van der Waals surface area contributed by atoms with Gasteiger partial charge in [-0.05, 0) is 26.8 Å². The lowest BCUT2D eigenvalue weighted by Gasteiger charge is -2.23. The zero-order chi connectivity index (χ0) is 10.7. The van der Waals surface area contributed by atoms with E-state index in [1.54, 1.807) is 4.90 Å². The van der Waals surface area contributed by atoms with Crippen molar-refractivity contribution in [1.82, 2.24) is 10.2 Å².